The summed E-state index contributed by atoms with van der Waals surface area (Å²) in [4.78, 5) is 0. The van der Waals surface area contributed by atoms with Crippen molar-refractivity contribution < 1.29 is 5.11 Å². The van der Waals surface area contributed by atoms with Crippen molar-refractivity contribution in [3.8, 4) is 0 Å². The molecule has 1 aliphatic carbocycles. The van der Waals surface area contributed by atoms with E-state index < -0.39 is 0 Å². The van der Waals surface area contributed by atoms with Crippen molar-refractivity contribution in [1.29, 1.82) is 0 Å². The average Bonchev–Trinajstić information content (AvgIpc) is 2.99. The van der Waals surface area contributed by atoms with Gasteiger partial charge in [0.1, 0.15) is 0 Å². The summed E-state index contributed by atoms with van der Waals surface area (Å²) in [5, 5.41) is 8.88. The van der Waals surface area contributed by atoms with E-state index in [0.717, 1.165) is 12.1 Å². The van der Waals surface area contributed by atoms with E-state index in [1.165, 1.54) is 18.4 Å². The largest absolute Gasteiger partial charge is 0.392 e. The van der Waals surface area contributed by atoms with Gasteiger partial charge < -0.3 is 10.8 Å². The summed E-state index contributed by atoms with van der Waals surface area (Å²) in [7, 11) is 0. The van der Waals surface area contributed by atoms with E-state index in [9.17, 15) is 0 Å². The van der Waals surface area contributed by atoms with E-state index in [2.05, 4.69) is 12.1 Å². The lowest BCUT2D eigenvalue weighted by Gasteiger charge is -2.12. The zero-order valence-corrected chi connectivity index (χ0v) is 7.66. The van der Waals surface area contributed by atoms with Gasteiger partial charge in [0.2, 0.25) is 0 Å². The van der Waals surface area contributed by atoms with Crippen LogP contribution in [0.25, 0.3) is 0 Å². The maximum Gasteiger partial charge on any atom is 0.0681 e. The topological polar surface area (TPSA) is 46.2 Å². The second kappa shape index (κ2) is 3.13. The summed E-state index contributed by atoms with van der Waals surface area (Å²) in [6, 6.07) is 8.13. The van der Waals surface area contributed by atoms with Crippen molar-refractivity contribution in [1.82, 2.24) is 0 Å². The molecule has 0 radical (unpaired) electrons. The number of rotatable bonds is 3. The van der Waals surface area contributed by atoms with E-state index in [-0.39, 0.29) is 12.0 Å². The highest BCUT2D eigenvalue weighted by molar-refractivity contribution is 5.33. The van der Waals surface area contributed by atoms with Crippen LogP contribution in [0, 0.1) is 0 Å². The van der Waals surface area contributed by atoms with Gasteiger partial charge in [-0.15, -0.1) is 0 Å². The molecule has 3 N–H and O–H groups in total. The van der Waals surface area contributed by atoms with Crippen molar-refractivity contribution >= 4 is 0 Å². The normalized spacial score (nSPS) is 18.6. The minimum absolute atomic E-state index is 0.121. The van der Waals surface area contributed by atoms with Gasteiger partial charge in [-0.05, 0) is 24.0 Å². The minimum Gasteiger partial charge on any atom is -0.392 e. The van der Waals surface area contributed by atoms with Crippen molar-refractivity contribution in [2.24, 2.45) is 5.73 Å². The first-order valence-electron chi connectivity index (χ1n) is 4.71. The zero-order valence-electron chi connectivity index (χ0n) is 7.66. The molecule has 0 atom stereocenters. The summed E-state index contributed by atoms with van der Waals surface area (Å²) in [6.07, 6.45) is 2.42. The molecule has 2 heteroatoms. The Kier molecular flexibility index (Phi) is 2.10. The van der Waals surface area contributed by atoms with E-state index in [1.54, 1.807) is 0 Å². The molecule has 1 aromatic rings. The Balaban J connectivity index is 2.23. The van der Waals surface area contributed by atoms with Crippen molar-refractivity contribution in [3.63, 3.8) is 0 Å². The second-order valence-corrected chi connectivity index (χ2v) is 3.84. The Morgan fingerprint density at radius 1 is 1.23 bits per heavy atom. The third-order valence-corrected chi connectivity index (χ3v) is 2.99. The SMILES string of the molecule is NCC1(c2ccc(CO)cc2)CC1. The van der Waals surface area contributed by atoms with Gasteiger partial charge in [0, 0.05) is 12.0 Å². The van der Waals surface area contributed by atoms with Crippen LogP contribution in [0.2, 0.25) is 0 Å². The van der Waals surface area contributed by atoms with Gasteiger partial charge in [0.15, 0.2) is 0 Å². The van der Waals surface area contributed by atoms with E-state index in [4.69, 9.17) is 10.8 Å². The molecule has 1 aliphatic rings. The molecule has 0 bridgehead atoms. The van der Waals surface area contributed by atoms with Gasteiger partial charge in [-0.1, -0.05) is 24.3 Å². The fourth-order valence-electron chi connectivity index (χ4n) is 1.73. The van der Waals surface area contributed by atoms with Crippen LogP contribution in [-0.4, -0.2) is 11.7 Å². The van der Waals surface area contributed by atoms with E-state index in [0.29, 0.717) is 0 Å². The molecule has 0 saturated heterocycles. The fraction of sp³-hybridized carbons (Fsp3) is 0.455. The first kappa shape index (κ1) is 8.73. The molecule has 1 aromatic carbocycles. The van der Waals surface area contributed by atoms with Gasteiger partial charge in [-0.2, -0.15) is 0 Å². The van der Waals surface area contributed by atoms with E-state index >= 15 is 0 Å². The van der Waals surface area contributed by atoms with Crippen LogP contribution in [0.15, 0.2) is 24.3 Å². The van der Waals surface area contributed by atoms with Crippen LogP contribution >= 0.6 is 0 Å². The van der Waals surface area contributed by atoms with Crippen LogP contribution in [-0.2, 0) is 12.0 Å². The van der Waals surface area contributed by atoms with E-state index in [1.807, 2.05) is 12.1 Å². The third kappa shape index (κ3) is 1.47. The van der Waals surface area contributed by atoms with Crippen LogP contribution in [0.1, 0.15) is 24.0 Å². The van der Waals surface area contributed by atoms with Crippen molar-refractivity contribution in [2.75, 3.05) is 6.54 Å². The fourth-order valence-corrected chi connectivity index (χ4v) is 1.73. The Morgan fingerprint density at radius 3 is 2.23 bits per heavy atom. The molecule has 0 heterocycles. The molecule has 13 heavy (non-hydrogen) atoms. The Bertz CT molecular complexity index is 287. The minimum atomic E-state index is 0.121. The summed E-state index contributed by atoms with van der Waals surface area (Å²) in [5.74, 6) is 0. The molecule has 70 valence electrons. The molecule has 0 amide bonds. The van der Waals surface area contributed by atoms with Crippen LogP contribution in [0.4, 0.5) is 0 Å². The lowest BCUT2D eigenvalue weighted by molar-refractivity contribution is 0.282. The summed E-state index contributed by atoms with van der Waals surface area (Å²) >= 11 is 0. The first-order chi connectivity index (χ1) is 6.30. The molecular formula is C11H15NO. The maximum absolute atomic E-state index is 8.88. The molecule has 2 nitrogen and oxygen atoms in total. The van der Waals surface area contributed by atoms with Gasteiger partial charge in [0.05, 0.1) is 6.61 Å². The third-order valence-electron chi connectivity index (χ3n) is 2.99. The first-order valence-corrected chi connectivity index (χ1v) is 4.71. The van der Waals surface area contributed by atoms with Crippen molar-refractivity contribution in [3.05, 3.63) is 35.4 Å². The molecule has 1 saturated carbocycles. The lowest BCUT2D eigenvalue weighted by Crippen LogP contribution is -2.19. The Morgan fingerprint density at radius 2 is 1.85 bits per heavy atom. The second-order valence-electron chi connectivity index (χ2n) is 3.84. The number of benzene rings is 1. The van der Waals surface area contributed by atoms with Gasteiger partial charge in [0.25, 0.3) is 0 Å². The summed E-state index contributed by atoms with van der Waals surface area (Å²) < 4.78 is 0. The summed E-state index contributed by atoms with van der Waals surface area (Å²) in [6.45, 7) is 0.862. The number of nitrogens with two attached hydrogens (primary N) is 1. The molecule has 0 aromatic heterocycles. The highest BCUT2D eigenvalue weighted by atomic mass is 16.3. The number of hydrogen-bond acceptors (Lipinski definition) is 2. The van der Waals surface area contributed by atoms with Crippen LogP contribution in [0.5, 0.6) is 0 Å². The van der Waals surface area contributed by atoms with Gasteiger partial charge >= 0.3 is 0 Å². The van der Waals surface area contributed by atoms with Crippen LogP contribution < -0.4 is 5.73 Å². The predicted octanol–water partition coefficient (Wildman–Crippen LogP) is 1.17. The highest BCUT2D eigenvalue weighted by Crippen LogP contribution is 2.47. The van der Waals surface area contributed by atoms with Gasteiger partial charge in [-0.25, -0.2) is 0 Å². The van der Waals surface area contributed by atoms with Crippen molar-refractivity contribution in [2.45, 2.75) is 24.9 Å². The quantitative estimate of drug-likeness (QED) is 0.728. The predicted molar refractivity (Wildman–Crippen MR) is 52.3 cm³/mol. The molecule has 0 aliphatic heterocycles. The molecule has 1 fully saturated rings. The Hall–Kier alpha value is -0.860. The average molecular weight is 177 g/mol. The number of hydrogen-bond donors (Lipinski definition) is 2. The smallest absolute Gasteiger partial charge is 0.0681 e. The Labute approximate surface area is 78.4 Å². The zero-order chi connectivity index (χ0) is 9.31. The lowest BCUT2D eigenvalue weighted by atomic mass is 9.95. The monoisotopic (exact) mass is 177 g/mol. The number of aliphatic hydroxyl groups is 1. The maximum atomic E-state index is 8.88. The molecule has 2 rings (SSSR count). The summed E-state index contributed by atoms with van der Waals surface area (Å²) in [5.41, 5.74) is 8.29. The number of aliphatic hydroxyl groups excluding tert-OH is 1. The molecular weight excluding hydrogens is 162 g/mol. The molecule has 0 unspecified atom stereocenters. The highest BCUT2D eigenvalue weighted by Gasteiger charge is 2.42. The standard InChI is InChI=1S/C11H15NO/c12-8-11(5-6-11)10-3-1-9(7-13)2-4-10/h1-4,13H,5-8,12H2. The van der Waals surface area contributed by atoms with Gasteiger partial charge in [-0.3, -0.25) is 0 Å². The van der Waals surface area contributed by atoms with Crippen LogP contribution in [0.3, 0.4) is 0 Å². The molecule has 0 spiro atoms.